The summed E-state index contributed by atoms with van der Waals surface area (Å²) < 4.78 is 49.2. The fraction of sp³-hybridized carbons (Fsp3) is 0.300. The lowest BCUT2D eigenvalue weighted by Crippen LogP contribution is -2.42. The number of alkyl halides is 3. The Bertz CT molecular complexity index is 1020. The molecule has 162 valence electrons. The first-order chi connectivity index (χ1) is 14.9. The summed E-state index contributed by atoms with van der Waals surface area (Å²) in [6, 6.07) is 10.5. The molecule has 3 aromatic rings. The standard InChI is InChI=1S/C20H18F3N5O3/c21-20(22,23)31-16-5-2-1-4-15(16)19(29)27-12-8-14(9-13-27)30-18-7-6-17(25-26-18)28-11-3-10-24-28/h1-7,10-11,14H,8-9,12-13H2. The maximum absolute atomic E-state index is 12.7. The highest BCUT2D eigenvalue weighted by atomic mass is 19.4. The summed E-state index contributed by atoms with van der Waals surface area (Å²) >= 11 is 0. The van der Waals surface area contributed by atoms with E-state index in [4.69, 9.17) is 4.74 Å². The first-order valence-electron chi connectivity index (χ1n) is 9.53. The van der Waals surface area contributed by atoms with Crippen LogP contribution in [-0.2, 0) is 0 Å². The largest absolute Gasteiger partial charge is 0.573 e. The fourth-order valence-electron chi connectivity index (χ4n) is 3.28. The number of rotatable bonds is 5. The maximum atomic E-state index is 12.7. The third-order valence-corrected chi connectivity index (χ3v) is 4.72. The van der Waals surface area contributed by atoms with Gasteiger partial charge in [0.1, 0.15) is 11.9 Å². The van der Waals surface area contributed by atoms with Crippen LogP contribution in [0, 0.1) is 0 Å². The van der Waals surface area contributed by atoms with Crippen LogP contribution in [-0.4, -0.2) is 56.3 Å². The van der Waals surface area contributed by atoms with Gasteiger partial charge in [0.2, 0.25) is 5.88 Å². The van der Waals surface area contributed by atoms with Gasteiger partial charge >= 0.3 is 6.36 Å². The molecule has 1 aliphatic heterocycles. The number of carbonyl (C=O) groups excluding carboxylic acids is 1. The number of benzene rings is 1. The summed E-state index contributed by atoms with van der Waals surface area (Å²) in [7, 11) is 0. The molecule has 1 aliphatic rings. The number of nitrogens with zero attached hydrogens (tertiary/aromatic N) is 5. The van der Waals surface area contributed by atoms with E-state index >= 15 is 0 Å². The van der Waals surface area contributed by atoms with E-state index in [0.29, 0.717) is 37.6 Å². The van der Waals surface area contributed by atoms with E-state index in [1.807, 2.05) is 0 Å². The molecule has 2 aromatic heterocycles. The Hall–Kier alpha value is -3.63. The number of para-hydroxylation sites is 1. The molecule has 8 nitrogen and oxygen atoms in total. The topological polar surface area (TPSA) is 82.4 Å². The minimum Gasteiger partial charge on any atom is -0.473 e. The molecule has 31 heavy (non-hydrogen) atoms. The predicted octanol–water partition coefficient (Wildman–Crippen LogP) is 3.24. The van der Waals surface area contributed by atoms with E-state index in [9.17, 15) is 18.0 Å². The number of likely N-dealkylation sites (tertiary alicyclic amines) is 1. The van der Waals surface area contributed by atoms with Crippen LogP contribution in [0.15, 0.2) is 54.9 Å². The molecule has 0 aliphatic carbocycles. The van der Waals surface area contributed by atoms with E-state index in [1.54, 1.807) is 35.3 Å². The van der Waals surface area contributed by atoms with E-state index in [2.05, 4.69) is 20.0 Å². The third kappa shape index (κ3) is 5.11. The van der Waals surface area contributed by atoms with Crippen molar-refractivity contribution in [1.82, 2.24) is 24.9 Å². The minimum atomic E-state index is -4.87. The van der Waals surface area contributed by atoms with Crippen LogP contribution in [0.4, 0.5) is 13.2 Å². The van der Waals surface area contributed by atoms with Crippen LogP contribution in [0.25, 0.3) is 5.82 Å². The van der Waals surface area contributed by atoms with Gasteiger partial charge in [-0.05, 0) is 24.3 Å². The van der Waals surface area contributed by atoms with Gasteiger partial charge in [0.15, 0.2) is 5.82 Å². The van der Waals surface area contributed by atoms with Crippen LogP contribution in [0.5, 0.6) is 11.6 Å². The van der Waals surface area contributed by atoms with E-state index in [0.717, 1.165) is 6.07 Å². The smallest absolute Gasteiger partial charge is 0.473 e. The van der Waals surface area contributed by atoms with Crippen molar-refractivity contribution in [2.75, 3.05) is 13.1 Å². The summed E-state index contributed by atoms with van der Waals surface area (Å²) in [5, 5.41) is 12.2. The number of hydrogen-bond donors (Lipinski definition) is 0. The van der Waals surface area contributed by atoms with Crippen molar-refractivity contribution < 1.29 is 27.4 Å². The molecule has 0 bridgehead atoms. The molecule has 3 heterocycles. The molecule has 1 aromatic carbocycles. The number of ether oxygens (including phenoxy) is 2. The van der Waals surface area contributed by atoms with E-state index in [1.165, 1.54) is 23.1 Å². The van der Waals surface area contributed by atoms with Gasteiger partial charge in [-0.3, -0.25) is 4.79 Å². The Labute approximate surface area is 175 Å². The molecule has 0 saturated carbocycles. The van der Waals surface area contributed by atoms with Crippen molar-refractivity contribution in [2.24, 2.45) is 0 Å². The quantitative estimate of drug-likeness (QED) is 0.615. The monoisotopic (exact) mass is 433 g/mol. The second-order valence-electron chi connectivity index (χ2n) is 6.83. The molecule has 1 fully saturated rings. The lowest BCUT2D eigenvalue weighted by molar-refractivity contribution is -0.274. The molecule has 11 heteroatoms. The normalized spacial score (nSPS) is 15.0. The zero-order chi connectivity index (χ0) is 21.8. The number of amides is 1. The van der Waals surface area contributed by atoms with Crippen LogP contribution in [0.3, 0.4) is 0 Å². The number of halogens is 3. The van der Waals surface area contributed by atoms with Crippen LogP contribution >= 0.6 is 0 Å². The first-order valence-corrected chi connectivity index (χ1v) is 9.53. The van der Waals surface area contributed by atoms with Crippen molar-refractivity contribution in [3.63, 3.8) is 0 Å². The molecule has 4 rings (SSSR count). The molecule has 1 amide bonds. The van der Waals surface area contributed by atoms with Gasteiger partial charge in [-0.2, -0.15) is 5.10 Å². The summed E-state index contributed by atoms with van der Waals surface area (Å²) in [5.41, 5.74) is -0.126. The summed E-state index contributed by atoms with van der Waals surface area (Å²) in [5.74, 6) is -0.116. The highest BCUT2D eigenvalue weighted by Crippen LogP contribution is 2.28. The highest BCUT2D eigenvalue weighted by Gasteiger charge is 2.34. The number of carbonyl (C=O) groups is 1. The molecule has 0 unspecified atom stereocenters. The lowest BCUT2D eigenvalue weighted by Gasteiger charge is -2.32. The Morgan fingerprint density at radius 1 is 1.03 bits per heavy atom. The van der Waals surface area contributed by atoms with Crippen LogP contribution < -0.4 is 9.47 Å². The van der Waals surface area contributed by atoms with Gasteiger partial charge in [-0.25, -0.2) is 4.68 Å². The van der Waals surface area contributed by atoms with Crippen LogP contribution in [0.2, 0.25) is 0 Å². The van der Waals surface area contributed by atoms with Crippen molar-refractivity contribution >= 4 is 5.91 Å². The van der Waals surface area contributed by atoms with Gasteiger partial charge in [0.25, 0.3) is 5.91 Å². The molecule has 1 saturated heterocycles. The van der Waals surface area contributed by atoms with Gasteiger partial charge in [0.05, 0.1) is 5.56 Å². The van der Waals surface area contributed by atoms with Crippen molar-refractivity contribution in [1.29, 1.82) is 0 Å². The van der Waals surface area contributed by atoms with Crippen molar-refractivity contribution in [3.8, 4) is 17.4 Å². The minimum absolute atomic E-state index is 0.126. The number of aromatic nitrogens is 4. The Kier molecular flexibility index (Phi) is 5.74. The van der Waals surface area contributed by atoms with Crippen LogP contribution in [0.1, 0.15) is 23.2 Å². The van der Waals surface area contributed by atoms with Gasteiger partial charge < -0.3 is 14.4 Å². The summed E-state index contributed by atoms with van der Waals surface area (Å²) in [4.78, 5) is 14.2. The van der Waals surface area contributed by atoms with Crippen molar-refractivity contribution in [3.05, 3.63) is 60.4 Å². The summed E-state index contributed by atoms with van der Waals surface area (Å²) in [6.45, 7) is 0.672. The zero-order valence-corrected chi connectivity index (χ0v) is 16.2. The average molecular weight is 433 g/mol. The average Bonchev–Trinajstić information content (AvgIpc) is 3.29. The van der Waals surface area contributed by atoms with E-state index in [-0.39, 0.29) is 11.7 Å². The fourth-order valence-corrected chi connectivity index (χ4v) is 3.28. The molecular weight excluding hydrogens is 415 g/mol. The SMILES string of the molecule is O=C(c1ccccc1OC(F)(F)F)N1CCC(Oc2ccc(-n3cccn3)nn2)CC1. The molecule has 0 N–H and O–H groups in total. The molecule has 0 radical (unpaired) electrons. The molecular formula is C20H18F3N5O3. The molecule has 0 atom stereocenters. The van der Waals surface area contributed by atoms with E-state index < -0.39 is 18.0 Å². The van der Waals surface area contributed by atoms with Gasteiger partial charge in [-0.1, -0.05) is 12.1 Å². The second-order valence-corrected chi connectivity index (χ2v) is 6.83. The Morgan fingerprint density at radius 2 is 1.81 bits per heavy atom. The maximum Gasteiger partial charge on any atom is 0.573 e. The summed E-state index contributed by atoms with van der Waals surface area (Å²) in [6.07, 6.45) is -0.654. The highest BCUT2D eigenvalue weighted by molar-refractivity contribution is 5.97. The number of hydrogen-bond acceptors (Lipinski definition) is 6. The zero-order valence-electron chi connectivity index (χ0n) is 16.2. The number of piperidine rings is 1. The predicted molar refractivity (Wildman–Crippen MR) is 102 cm³/mol. The molecule has 0 spiro atoms. The Balaban J connectivity index is 1.34. The van der Waals surface area contributed by atoms with Gasteiger partial charge in [0, 0.05) is 44.4 Å². The Morgan fingerprint density at radius 3 is 2.45 bits per heavy atom. The first kappa shape index (κ1) is 20.6. The van der Waals surface area contributed by atoms with Gasteiger partial charge in [-0.15, -0.1) is 23.4 Å². The second kappa shape index (κ2) is 8.62. The lowest BCUT2D eigenvalue weighted by atomic mass is 10.1. The van der Waals surface area contributed by atoms with Crippen molar-refractivity contribution in [2.45, 2.75) is 25.3 Å². The third-order valence-electron chi connectivity index (χ3n) is 4.72.